The van der Waals surface area contributed by atoms with Crippen molar-refractivity contribution in [2.45, 2.75) is 102 Å². The van der Waals surface area contributed by atoms with E-state index in [2.05, 4.69) is 13.8 Å². The number of hydrogen-bond acceptors (Lipinski definition) is 7. The number of esters is 1. The molecule has 182 valence electrons. The minimum Gasteiger partial charge on any atom is -0.550 e. The first-order valence-corrected chi connectivity index (χ1v) is 12.4. The van der Waals surface area contributed by atoms with Gasteiger partial charge in [-0.1, -0.05) is 19.4 Å². The zero-order valence-electron chi connectivity index (χ0n) is 21.0. The first kappa shape index (κ1) is 27.0. The number of hydrogen-bond donors (Lipinski definition) is 1. The van der Waals surface area contributed by atoms with Crippen LogP contribution >= 0.6 is 0 Å². The molecule has 8 heteroatoms. The van der Waals surface area contributed by atoms with E-state index in [0.717, 1.165) is 5.57 Å². The summed E-state index contributed by atoms with van der Waals surface area (Å²) in [6, 6.07) is 0. The number of ether oxygens (including phenoxy) is 2. The number of aliphatic hydroxyl groups is 1. The Morgan fingerprint density at radius 1 is 1.29 bits per heavy atom. The molecule has 0 radical (unpaired) electrons. The van der Waals surface area contributed by atoms with Crippen molar-refractivity contribution in [3.05, 3.63) is 11.6 Å². The maximum atomic E-state index is 13.4. The fraction of sp³-hybridized carbons (Fsp3) is 0.808. The van der Waals surface area contributed by atoms with E-state index in [1.54, 1.807) is 6.08 Å². The first-order chi connectivity index (χ1) is 15.4. The Labute approximate surface area is 243 Å². The number of epoxide rings is 1. The van der Waals surface area contributed by atoms with Crippen LogP contribution in [-0.2, 0) is 23.9 Å². The number of carboxylic acid groups (broad SMARTS) is 1. The molecule has 0 bridgehead atoms. The number of aliphatic carboxylic acids is 1. The van der Waals surface area contributed by atoms with E-state index in [0.29, 0.717) is 38.5 Å². The zero-order valence-corrected chi connectivity index (χ0v) is 24.1. The first-order valence-electron chi connectivity index (χ1n) is 12.4. The van der Waals surface area contributed by atoms with Crippen LogP contribution in [0.5, 0.6) is 0 Å². The van der Waals surface area contributed by atoms with Gasteiger partial charge in [0.15, 0.2) is 5.78 Å². The van der Waals surface area contributed by atoms with Gasteiger partial charge in [0.25, 0.3) is 0 Å². The molecule has 8 atom stereocenters. The molecule has 0 aromatic rings. The molecular weight excluding hydrogens is 463 g/mol. The summed E-state index contributed by atoms with van der Waals surface area (Å²) in [5, 5.41) is 22.9. The quantitative estimate of drug-likeness (QED) is 0.296. The number of rotatable bonds is 5. The second kappa shape index (κ2) is 8.74. The summed E-state index contributed by atoms with van der Waals surface area (Å²) < 4.78 is 12.3. The molecule has 2 unspecified atom stereocenters. The molecule has 4 fully saturated rings. The van der Waals surface area contributed by atoms with Gasteiger partial charge in [0.2, 0.25) is 0 Å². The molecule has 5 aliphatic rings. The Kier molecular flexibility index (Phi) is 6.93. The van der Waals surface area contributed by atoms with E-state index in [1.807, 2.05) is 13.8 Å². The van der Waals surface area contributed by atoms with E-state index in [4.69, 9.17) is 9.47 Å². The number of carboxylic acids is 1. The van der Waals surface area contributed by atoms with Crippen LogP contribution in [0.1, 0.15) is 79.1 Å². The third kappa shape index (κ3) is 3.61. The van der Waals surface area contributed by atoms with Crippen molar-refractivity contribution in [2.24, 2.45) is 28.6 Å². The van der Waals surface area contributed by atoms with E-state index in [-0.39, 0.29) is 105 Å². The Morgan fingerprint density at radius 3 is 2.65 bits per heavy atom. The zero-order chi connectivity index (χ0) is 24.0. The summed E-state index contributed by atoms with van der Waals surface area (Å²) in [6.07, 6.45) is 4.80. The Morgan fingerprint density at radius 2 is 2.00 bits per heavy atom. The summed E-state index contributed by atoms with van der Waals surface area (Å²) in [4.78, 5) is 36.9. The van der Waals surface area contributed by atoms with Crippen LogP contribution in [-0.4, -0.2) is 46.2 Å². The van der Waals surface area contributed by atoms with Gasteiger partial charge in [0, 0.05) is 29.1 Å². The van der Waals surface area contributed by atoms with Crippen molar-refractivity contribution in [3.8, 4) is 0 Å². The van der Waals surface area contributed by atoms with Gasteiger partial charge in [-0.15, -0.1) is 0 Å². The Bertz CT molecular complexity index is 945. The van der Waals surface area contributed by atoms with Crippen LogP contribution in [0.25, 0.3) is 0 Å². The van der Waals surface area contributed by atoms with Crippen molar-refractivity contribution in [2.75, 3.05) is 0 Å². The van der Waals surface area contributed by atoms with Gasteiger partial charge in [0.1, 0.15) is 5.60 Å². The minimum absolute atomic E-state index is 0. The van der Waals surface area contributed by atoms with Crippen LogP contribution in [0, 0.1) is 28.6 Å². The van der Waals surface area contributed by atoms with E-state index in [9.17, 15) is 24.6 Å². The number of fused-ring (bicyclic) bond motifs is 3. The maximum Gasteiger partial charge on any atom is 1.00 e. The van der Waals surface area contributed by atoms with Crippen molar-refractivity contribution in [1.29, 1.82) is 0 Å². The van der Waals surface area contributed by atoms with E-state index >= 15 is 0 Å². The summed E-state index contributed by atoms with van der Waals surface area (Å²) in [5.41, 5.74) is -1.56. The molecule has 34 heavy (non-hydrogen) atoms. The number of carbonyl (C=O) groups is 3. The molecule has 0 amide bonds. The normalized spacial score (nSPS) is 46.3. The van der Waals surface area contributed by atoms with Gasteiger partial charge in [-0.2, -0.15) is 0 Å². The monoisotopic (exact) mass is 498 g/mol. The second-order valence-electron chi connectivity index (χ2n) is 11.9. The van der Waals surface area contributed by atoms with Crippen LogP contribution in [0.3, 0.4) is 0 Å². The average molecular weight is 499 g/mol. The molecule has 0 aromatic heterocycles. The molecule has 1 heterocycles. The van der Waals surface area contributed by atoms with Crippen LogP contribution in [0.15, 0.2) is 11.6 Å². The number of carbonyl (C=O) groups excluding carboxylic acids is 3. The van der Waals surface area contributed by atoms with Gasteiger partial charge >= 0.3 is 57.4 Å². The molecule has 5 rings (SSSR count). The third-order valence-electron chi connectivity index (χ3n) is 10.1. The molecule has 4 aliphatic carbocycles. The molecule has 3 saturated carbocycles. The fourth-order valence-corrected chi connectivity index (χ4v) is 8.39. The maximum absolute atomic E-state index is 13.4. The fourth-order valence-electron chi connectivity index (χ4n) is 8.39. The largest absolute Gasteiger partial charge is 1.00 e. The van der Waals surface area contributed by atoms with Crippen LogP contribution in [0.4, 0.5) is 0 Å². The molecule has 0 aromatic carbocycles. The predicted octanol–water partition coefficient (Wildman–Crippen LogP) is -0.907. The van der Waals surface area contributed by atoms with Crippen molar-refractivity contribution in [1.82, 2.24) is 0 Å². The van der Waals surface area contributed by atoms with Gasteiger partial charge in [-0.3, -0.25) is 9.59 Å². The topological polar surface area (TPSA) is 116 Å². The molecular formula is C26H35KO7. The smallest absolute Gasteiger partial charge is 0.550 e. The van der Waals surface area contributed by atoms with E-state index in [1.165, 1.54) is 0 Å². The van der Waals surface area contributed by atoms with Crippen LogP contribution < -0.4 is 56.5 Å². The summed E-state index contributed by atoms with van der Waals surface area (Å²) in [6.45, 7) is 7.90. The van der Waals surface area contributed by atoms with Gasteiger partial charge < -0.3 is 24.5 Å². The minimum atomic E-state index is -1.16. The van der Waals surface area contributed by atoms with E-state index < -0.39 is 28.5 Å². The van der Waals surface area contributed by atoms with Crippen LogP contribution in [0.2, 0.25) is 0 Å². The third-order valence-corrected chi connectivity index (χ3v) is 10.1. The standard InChI is InChI=1S/C26H36O7.K/c1-14(2)32-22(30)17-12-15-11-16(27)5-8-23(15,3)26-19(33-26)13-24(4)18(21(17)26)6-9-25(24,31)10-7-20(28)29;/h11,14,17-19,21,31H,5-10,12-13H2,1-4H3,(H,28,29);/q;+1/p-1/t17-,18?,19-,21?,23+,24+,25-,26-;/m1./s1. The van der Waals surface area contributed by atoms with Gasteiger partial charge in [0.05, 0.1) is 23.7 Å². The molecule has 1 aliphatic heterocycles. The van der Waals surface area contributed by atoms with Crippen molar-refractivity contribution >= 4 is 17.7 Å². The van der Waals surface area contributed by atoms with Gasteiger partial charge in [-0.25, -0.2) is 0 Å². The predicted molar refractivity (Wildman–Crippen MR) is 115 cm³/mol. The van der Waals surface area contributed by atoms with Gasteiger partial charge in [-0.05, 0) is 70.8 Å². The molecule has 1 N–H and O–H groups in total. The Balaban J connectivity index is 0.00000274. The van der Waals surface area contributed by atoms with Crippen molar-refractivity contribution < 1.29 is 85.5 Å². The number of ketones is 1. The van der Waals surface area contributed by atoms with Crippen molar-refractivity contribution in [3.63, 3.8) is 0 Å². The molecule has 1 spiro atoms. The Hall–Kier alpha value is -0.0936. The molecule has 1 saturated heterocycles. The second-order valence-corrected chi connectivity index (χ2v) is 11.9. The molecule has 7 nitrogen and oxygen atoms in total. The summed E-state index contributed by atoms with van der Waals surface area (Å²) >= 11 is 0. The summed E-state index contributed by atoms with van der Waals surface area (Å²) in [5.74, 6) is -1.91. The average Bonchev–Trinajstić information content (AvgIpc) is 3.38. The SMILES string of the molecule is CC(C)OC(=O)[C@@H]1CC2=CC(=O)CC[C@]2(C)[C@@]23O[C@@H]2C[C@@]2(C)C(CC[C@@]2(O)CCC(=O)[O-])C13.[K+]. The summed E-state index contributed by atoms with van der Waals surface area (Å²) in [7, 11) is 0.